The summed E-state index contributed by atoms with van der Waals surface area (Å²) in [7, 11) is 1.66. The molecule has 138 valence electrons. The summed E-state index contributed by atoms with van der Waals surface area (Å²) in [5.74, 6) is 0.607. The summed E-state index contributed by atoms with van der Waals surface area (Å²) in [6, 6.07) is 16.7. The third-order valence-electron chi connectivity index (χ3n) is 3.96. The monoisotopic (exact) mass is 381 g/mol. The number of amides is 1. The molecule has 0 radical (unpaired) electrons. The Balaban J connectivity index is 1.58. The molecule has 0 bridgehead atoms. The van der Waals surface area contributed by atoms with Crippen molar-refractivity contribution in [1.29, 1.82) is 0 Å². The fraction of sp³-hybridized carbons (Fsp3) is 0.143. The van der Waals surface area contributed by atoms with Crippen molar-refractivity contribution in [2.24, 2.45) is 0 Å². The number of hydrogen-bond donors (Lipinski definition) is 2. The van der Waals surface area contributed by atoms with Crippen molar-refractivity contribution in [1.82, 2.24) is 4.98 Å². The highest BCUT2D eigenvalue weighted by atomic mass is 35.5. The minimum absolute atomic E-state index is 0.235. The van der Waals surface area contributed by atoms with Gasteiger partial charge in [0.15, 0.2) is 0 Å². The minimum Gasteiger partial charge on any atom is -0.497 e. The quantitative estimate of drug-likeness (QED) is 0.625. The van der Waals surface area contributed by atoms with Gasteiger partial charge in [-0.1, -0.05) is 29.8 Å². The number of halogens is 1. The summed E-state index contributed by atoms with van der Waals surface area (Å²) in [6.07, 6.45) is 4.06. The van der Waals surface area contributed by atoms with Crippen molar-refractivity contribution in [3.8, 4) is 5.75 Å². The molecule has 0 unspecified atom stereocenters. The number of methoxy groups -OCH3 is 1. The van der Waals surface area contributed by atoms with Gasteiger partial charge in [0.2, 0.25) is 0 Å². The van der Waals surface area contributed by atoms with E-state index >= 15 is 0 Å². The van der Waals surface area contributed by atoms with E-state index < -0.39 is 0 Å². The molecule has 0 aliphatic carbocycles. The van der Waals surface area contributed by atoms with E-state index in [2.05, 4.69) is 21.7 Å². The molecule has 2 aromatic carbocycles. The largest absolute Gasteiger partial charge is 0.497 e. The van der Waals surface area contributed by atoms with Gasteiger partial charge in [-0.3, -0.25) is 9.78 Å². The van der Waals surface area contributed by atoms with Crippen molar-refractivity contribution in [2.75, 3.05) is 24.3 Å². The summed E-state index contributed by atoms with van der Waals surface area (Å²) in [6.45, 7) is 0.716. The second-order valence-corrected chi connectivity index (χ2v) is 6.39. The second kappa shape index (κ2) is 9.05. The Morgan fingerprint density at radius 1 is 1.07 bits per heavy atom. The molecule has 3 rings (SSSR count). The number of benzene rings is 2. The van der Waals surface area contributed by atoms with Crippen LogP contribution in [0.15, 0.2) is 67.0 Å². The lowest BCUT2D eigenvalue weighted by atomic mass is 10.1. The molecule has 6 heteroatoms. The zero-order valence-electron chi connectivity index (χ0n) is 14.9. The molecule has 5 nitrogen and oxygen atoms in total. The minimum atomic E-state index is -0.235. The van der Waals surface area contributed by atoms with Crippen LogP contribution in [0.2, 0.25) is 5.02 Å². The van der Waals surface area contributed by atoms with Gasteiger partial charge in [0, 0.05) is 29.6 Å². The average molecular weight is 382 g/mol. The molecule has 0 aliphatic heterocycles. The van der Waals surface area contributed by atoms with E-state index in [1.807, 2.05) is 18.2 Å². The highest BCUT2D eigenvalue weighted by Crippen LogP contribution is 2.17. The van der Waals surface area contributed by atoms with Crippen molar-refractivity contribution in [2.45, 2.75) is 6.42 Å². The zero-order chi connectivity index (χ0) is 19.1. The van der Waals surface area contributed by atoms with Crippen molar-refractivity contribution in [3.63, 3.8) is 0 Å². The van der Waals surface area contributed by atoms with Gasteiger partial charge in [0.1, 0.15) is 5.75 Å². The molecule has 0 saturated heterocycles. The Labute approximate surface area is 163 Å². The number of nitrogens with one attached hydrogen (secondary N) is 2. The third-order valence-corrected chi connectivity index (χ3v) is 4.19. The van der Waals surface area contributed by atoms with E-state index in [4.69, 9.17) is 16.3 Å². The Morgan fingerprint density at radius 2 is 1.93 bits per heavy atom. The van der Waals surface area contributed by atoms with Gasteiger partial charge in [0.05, 0.1) is 18.4 Å². The van der Waals surface area contributed by atoms with Crippen LogP contribution in [0.3, 0.4) is 0 Å². The molecule has 1 heterocycles. The maximum Gasteiger partial charge on any atom is 0.257 e. The Bertz CT molecular complexity index is 931. The highest BCUT2D eigenvalue weighted by Gasteiger charge is 2.08. The van der Waals surface area contributed by atoms with E-state index in [1.165, 1.54) is 11.8 Å². The molecular formula is C21H20ClN3O2. The summed E-state index contributed by atoms with van der Waals surface area (Å²) in [5, 5.41) is 6.68. The maximum absolute atomic E-state index is 12.4. The van der Waals surface area contributed by atoms with Crippen LogP contribution in [-0.2, 0) is 6.42 Å². The predicted molar refractivity (Wildman–Crippen MR) is 109 cm³/mol. The molecule has 27 heavy (non-hydrogen) atoms. The van der Waals surface area contributed by atoms with Crippen molar-refractivity contribution >= 4 is 28.9 Å². The van der Waals surface area contributed by atoms with E-state index in [-0.39, 0.29) is 5.91 Å². The number of hydrogen-bond acceptors (Lipinski definition) is 4. The molecule has 0 fully saturated rings. The van der Waals surface area contributed by atoms with Gasteiger partial charge < -0.3 is 15.4 Å². The van der Waals surface area contributed by atoms with E-state index in [9.17, 15) is 4.79 Å². The third kappa shape index (κ3) is 5.46. The smallest absolute Gasteiger partial charge is 0.257 e. The van der Waals surface area contributed by atoms with Gasteiger partial charge in [-0.15, -0.1) is 0 Å². The summed E-state index contributed by atoms with van der Waals surface area (Å²) < 4.78 is 5.23. The molecule has 1 aromatic heterocycles. The first kappa shape index (κ1) is 18.7. The number of carbonyl (C=O) groups excluding carboxylic acids is 1. The van der Waals surface area contributed by atoms with Crippen LogP contribution < -0.4 is 15.4 Å². The van der Waals surface area contributed by atoms with E-state index in [0.29, 0.717) is 22.8 Å². The first-order valence-electron chi connectivity index (χ1n) is 8.53. The lowest BCUT2D eigenvalue weighted by molar-refractivity contribution is 0.102. The standard InChI is InChI=1S/C21H20ClN3O2/c1-27-20-7-2-4-15(10-20)8-9-24-19-11-16(13-23-14-19)21(26)25-18-6-3-5-17(22)12-18/h2-7,10-14,24H,8-9H2,1H3,(H,25,26). The molecule has 3 aromatic rings. The first-order chi connectivity index (χ1) is 13.1. The maximum atomic E-state index is 12.4. The average Bonchev–Trinajstić information content (AvgIpc) is 2.68. The molecule has 0 saturated carbocycles. The molecule has 0 spiro atoms. The van der Waals surface area contributed by atoms with Crippen LogP contribution in [0.25, 0.3) is 0 Å². The van der Waals surface area contributed by atoms with Gasteiger partial charge in [-0.2, -0.15) is 0 Å². The van der Waals surface area contributed by atoms with Crippen molar-refractivity contribution < 1.29 is 9.53 Å². The topological polar surface area (TPSA) is 63.2 Å². The molecule has 0 atom stereocenters. The zero-order valence-corrected chi connectivity index (χ0v) is 15.7. The fourth-order valence-electron chi connectivity index (χ4n) is 2.61. The number of pyridine rings is 1. The Morgan fingerprint density at radius 3 is 2.74 bits per heavy atom. The van der Waals surface area contributed by atoms with Crippen molar-refractivity contribution in [3.05, 3.63) is 83.1 Å². The van der Waals surface area contributed by atoms with E-state index in [0.717, 1.165) is 17.9 Å². The second-order valence-electron chi connectivity index (χ2n) is 5.96. The number of ether oxygens (including phenoxy) is 1. The lowest BCUT2D eigenvalue weighted by Gasteiger charge is -2.09. The molecule has 0 aliphatic rings. The van der Waals surface area contributed by atoms with Gasteiger partial charge in [0.25, 0.3) is 5.91 Å². The Hall–Kier alpha value is -3.05. The van der Waals surface area contributed by atoms with E-state index in [1.54, 1.807) is 43.6 Å². The number of aromatic nitrogens is 1. The normalized spacial score (nSPS) is 10.3. The van der Waals surface area contributed by atoms with Crippen LogP contribution in [0.1, 0.15) is 15.9 Å². The summed E-state index contributed by atoms with van der Waals surface area (Å²) in [4.78, 5) is 16.6. The van der Waals surface area contributed by atoms with Gasteiger partial charge in [-0.05, 0) is 48.4 Å². The van der Waals surface area contributed by atoms with Crippen LogP contribution in [0.4, 0.5) is 11.4 Å². The number of anilines is 2. The SMILES string of the molecule is COc1cccc(CCNc2cncc(C(=O)Nc3cccc(Cl)c3)c2)c1. The molecular weight excluding hydrogens is 362 g/mol. The van der Waals surface area contributed by atoms with Crippen LogP contribution in [0.5, 0.6) is 5.75 Å². The van der Waals surface area contributed by atoms with Gasteiger partial charge >= 0.3 is 0 Å². The lowest BCUT2D eigenvalue weighted by Crippen LogP contribution is -2.13. The Kier molecular flexibility index (Phi) is 6.28. The molecule has 2 N–H and O–H groups in total. The summed E-state index contributed by atoms with van der Waals surface area (Å²) >= 11 is 5.94. The fourth-order valence-corrected chi connectivity index (χ4v) is 2.80. The highest BCUT2D eigenvalue weighted by molar-refractivity contribution is 6.30. The van der Waals surface area contributed by atoms with Crippen LogP contribution in [-0.4, -0.2) is 24.5 Å². The van der Waals surface area contributed by atoms with Crippen LogP contribution >= 0.6 is 11.6 Å². The first-order valence-corrected chi connectivity index (χ1v) is 8.90. The summed E-state index contributed by atoms with van der Waals surface area (Å²) in [5.41, 5.74) is 3.08. The predicted octanol–water partition coefficient (Wildman–Crippen LogP) is 4.65. The van der Waals surface area contributed by atoms with Crippen LogP contribution in [0, 0.1) is 0 Å². The molecule has 1 amide bonds. The number of rotatable bonds is 7. The number of carbonyl (C=O) groups is 1. The number of nitrogens with zero attached hydrogens (tertiary/aromatic N) is 1. The van der Waals surface area contributed by atoms with Gasteiger partial charge in [-0.25, -0.2) is 0 Å².